The van der Waals surface area contributed by atoms with Crippen molar-refractivity contribution in [3.05, 3.63) is 76.0 Å². The summed E-state index contributed by atoms with van der Waals surface area (Å²) in [5, 5.41) is 5.77. The molecule has 1 saturated heterocycles. The van der Waals surface area contributed by atoms with E-state index < -0.39 is 0 Å². The van der Waals surface area contributed by atoms with E-state index in [2.05, 4.69) is 10.00 Å². The van der Waals surface area contributed by atoms with E-state index >= 15 is 0 Å². The second-order valence-corrected chi connectivity index (χ2v) is 7.61. The molecule has 1 amide bonds. The van der Waals surface area contributed by atoms with Crippen LogP contribution in [0.3, 0.4) is 0 Å². The molecule has 1 aliphatic heterocycles. The molecule has 1 aliphatic rings. The van der Waals surface area contributed by atoms with Crippen LogP contribution < -0.4 is 4.90 Å². The molecule has 0 radical (unpaired) electrons. The minimum atomic E-state index is 0.00425. The number of carbonyl (C=O) groups excluding carboxylic acids is 1. The summed E-state index contributed by atoms with van der Waals surface area (Å²) in [5.41, 5.74) is 3.28. The van der Waals surface area contributed by atoms with Crippen LogP contribution in [0.25, 0.3) is 5.69 Å². The number of aromatic nitrogens is 2. The molecule has 144 valence electrons. The molecule has 0 unspecified atom stereocenters. The molecule has 7 heteroatoms. The fourth-order valence-electron chi connectivity index (χ4n) is 3.52. The zero-order valence-electron chi connectivity index (χ0n) is 15.5. The highest BCUT2D eigenvalue weighted by Crippen LogP contribution is 2.26. The number of nitrogens with zero attached hydrogens (tertiary/aromatic N) is 4. The standard InChI is InChI=1S/C21H20Cl2N4O/c1-15-18(14-24-27(15)17-6-4-5-16(22)13-17)21(28)26-11-9-25(10-12-26)20-8-3-2-7-19(20)23/h2-8,13-14H,9-12H2,1H3. The lowest BCUT2D eigenvalue weighted by molar-refractivity contribution is 0.0746. The molecule has 2 heterocycles. The van der Waals surface area contributed by atoms with Crippen molar-refractivity contribution in [1.82, 2.24) is 14.7 Å². The molecule has 3 aromatic rings. The Bertz CT molecular complexity index is 1010. The maximum Gasteiger partial charge on any atom is 0.257 e. The van der Waals surface area contributed by atoms with Crippen molar-refractivity contribution in [1.29, 1.82) is 0 Å². The monoisotopic (exact) mass is 414 g/mol. The van der Waals surface area contributed by atoms with Gasteiger partial charge in [0.15, 0.2) is 0 Å². The lowest BCUT2D eigenvalue weighted by Gasteiger charge is -2.36. The highest BCUT2D eigenvalue weighted by atomic mass is 35.5. The van der Waals surface area contributed by atoms with Gasteiger partial charge in [0.1, 0.15) is 0 Å². The lowest BCUT2D eigenvalue weighted by Crippen LogP contribution is -2.49. The number of piperazine rings is 1. The molecule has 28 heavy (non-hydrogen) atoms. The fourth-order valence-corrected chi connectivity index (χ4v) is 3.96. The van der Waals surface area contributed by atoms with Crippen molar-refractivity contribution in [2.75, 3.05) is 31.1 Å². The predicted molar refractivity (Wildman–Crippen MR) is 113 cm³/mol. The Kier molecular flexibility index (Phi) is 5.29. The van der Waals surface area contributed by atoms with Gasteiger partial charge in [0, 0.05) is 31.2 Å². The summed E-state index contributed by atoms with van der Waals surface area (Å²) >= 11 is 12.4. The molecule has 1 aromatic heterocycles. The first kappa shape index (κ1) is 18.8. The number of hydrogen-bond acceptors (Lipinski definition) is 3. The number of benzene rings is 2. The first-order valence-electron chi connectivity index (χ1n) is 9.14. The number of carbonyl (C=O) groups is 1. The van der Waals surface area contributed by atoms with Gasteiger partial charge in [0.05, 0.1) is 33.9 Å². The maximum atomic E-state index is 13.0. The molecular formula is C21H20Cl2N4O. The van der Waals surface area contributed by atoms with Crippen LogP contribution in [0.4, 0.5) is 5.69 Å². The van der Waals surface area contributed by atoms with Gasteiger partial charge < -0.3 is 9.80 Å². The van der Waals surface area contributed by atoms with E-state index in [0.717, 1.165) is 35.2 Å². The number of anilines is 1. The maximum absolute atomic E-state index is 13.0. The molecular weight excluding hydrogens is 395 g/mol. The van der Waals surface area contributed by atoms with E-state index in [1.54, 1.807) is 10.9 Å². The van der Waals surface area contributed by atoms with Crippen LogP contribution in [0.2, 0.25) is 10.0 Å². The predicted octanol–water partition coefficient (Wildman–Crippen LogP) is 4.45. The average Bonchev–Trinajstić information content (AvgIpc) is 3.09. The summed E-state index contributed by atoms with van der Waals surface area (Å²) in [4.78, 5) is 17.1. The number of para-hydroxylation sites is 1. The Hall–Kier alpha value is -2.50. The van der Waals surface area contributed by atoms with E-state index in [-0.39, 0.29) is 5.91 Å². The smallest absolute Gasteiger partial charge is 0.257 e. The lowest BCUT2D eigenvalue weighted by atomic mass is 10.2. The van der Waals surface area contributed by atoms with Gasteiger partial charge in [0.2, 0.25) is 0 Å². The highest BCUT2D eigenvalue weighted by Gasteiger charge is 2.25. The number of halogens is 2. The van der Waals surface area contributed by atoms with Crippen molar-refractivity contribution in [3.8, 4) is 5.69 Å². The Labute approximate surface area is 174 Å². The summed E-state index contributed by atoms with van der Waals surface area (Å²) < 4.78 is 1.75. The second kappa shape index (κ2) is 7.86. The van der Waals surface area contributed by atoms with Gasteiger partial charge in [-0.15, -0.1) is 0 Å². The van der Waals surface area contributed by atoms with Crippen LogP contribution in [-0.2, 0) is 0 Å². The van der Waals surface area contributed by atoms with Crippen molar-refractivity contribution >= 4 is 34.8 Å². The highest BCUT2D eigenvalue weighted by molar-refractivity contribution is 6.33. The first-order valence-corrected chi connectivity index (χ1v) is 9.89. The first-order chi connectivity index (χ1) is 13.5. The average molecular weight is 415 g/mol. The quantitative estimate of drug-likeness (QED) is 0.635. The van der Waals surface area contributed by atoms with E-state index in [1.807, 2.05) is 60.4 Å². The molecule has 0 spiro atoms. The fraction of sp³-hybridized carbons (Fsp3) is 0.238. The summed E-state index contributed by atoms with van der Waals surface area (Å²) in [6.07, 6.45) is 1.64. The second-order valence-electron chi connectivity index (χ2n) is 6.77. The molecule has 4 rings (SSSR count). The van der Waals surface area contributed by atoms with Crippen molar-refractivity contribution in [2.45, 2.75) is 6.92 Å². The number of amides is 1. The van der Waals surface area contributed by atoms with Gasteiger partial charge in [-0.05, 0) is 37.3 Å². The molecule has 0 saturated carbocycles. The molecule has 2 aromatic carbocycles. The van der Waals surface area contributed by atoms with Gasteiger partial charge in [-0.1, -0.05) is 41.4 Å². The normalized spacial score (nSPS) is 14.4. The minimum Gasteiger partial charge on any atom is -0.367 e. The molecule has 0 aliphatic carbocycles. The summed E-state index contributed by atoms with van der Waals surface area (Å²) in [5.74, 6) is 0.00425. The van der Waals surface area contributed by atoms with Crippen molar-refractivity contribution in [2.24, 2.45) is 0 Å². The van der Waals surface area contributed by atoms with Crippen LogP contribution >= 0.6 is 23.2 Å². The summed E-state index contributed by atoms with van der Waals surface area (Å²) in [7, 11) is 0. The van der Waals surface area contributed by atoms with Gasteiger partial charge in [0.25, 0.3) is 5.91 Å². The Morgan fingerprint density at radius 2 is 1.75 bits per heavy atom. The molecule has 0 atom stereocenters. The van der Waals surface area contributed by atoms with E-state index in [9.17, 15) is 4.79 Å². The van der Waals surface area contributed by atoms with Gasteiger partial charge in [-0.25, -0.2) is 4.68 Å². The number of hydrogen-bond donors (Lipinski definition) is 0. The largest absolute Gasteiger partial charge is 0.367 e. The third kappa shape index (κ3) is 3.60. The summed E-state index contributed by atoms with van der Waals surface area (Å²) in [6.45, 7) is 4.69. The molecule has 5 nitrogen and oxygen atoms in total. The number of rotatable bonds is 3. The Morgan fingerprint density at radius 3 is 2.46 bits per heavy atom. The minimum absolute atomic E-state index is 0.00425. The van der Waals surface area contributed by atoms with Crippen molar-refractivity contribution in [3.63, 3.8) is 0 Å². The van der Waals surface area contributed by atoms with E-state index in [1.165, 1.54) is 0 Å². The van der Waals surface area contributed by atoms with Crippen LogP contribution in [0, 0.1) is 6.92 Å². The topological polar surface area (TPSA) is 41.4 Å². The molecule has 1 fully saturated rings. The Morgan fingerprint density at radius 1 is 1.00 bits per heavy atom. The third-order valence-electron chi connectivity index (χ3n) is 5.05. The summed E-state index contributed by atoms with van der Waals surface area (Å²) in [6, 6.07) is 15.2. The van der Waals surface area contributed by atoms with E-state index in [0.29, 0.717) is 23.7 Å². The molecule has 0 N–H and O–H groups in total. The van der Waals surface area contributed by atoms with Gasteiger partial charge in [-0.2, -0.15) is 5.10 Å². The third-order valence-corrected chi connectivity index (χ3v) is 5.61. The van der Waals surface area contributed by atoms with E-state index in [4.69, 9.17) is 23.2 Å². The zero-order valence-corrected chi connectivity index (χ0v) is 17.0. The Balaban J connectivity index is 1.48. The van der Waals surface area contributed by atoms with Crippen LogP contribution in [0.15, 0.2) is 54.7 Å². The van der Waals surface area contributed by atoms with Crippen LogP contribution in [0.1, 0.15) is 16.1 Å². The van der Waals surface area contributed by atoms with Crippen LogP contribution in [0.5, 0.6) is 0 Å². The van der Waals surface area contributed by atoms with Crippen molar-refractivity contribution < 1.29 is 4.79 Å². The zero-order chi connectivity index (χ0) is 19.7. The van der Waals surface area contributed by atoms with Gasteiger partial charge in [-0.3, -0.25) is 4.79 Å². The van der Waals surface area contributed by atoms with Gasteiger partial charge >= 0.3 is 0 Å². The molecule has 0 bridgehead atoms. The van der Waals surface area contributed by atoms with Crippen LogP contribution in [-0.4, -0.2) is 46.8 Å². The SMILES string of the molecule is Cc1c(C(=O)N2CCN(c3ccccc3Cl)CC2)cnn1-c1cccc(Cl)c1.